The van der Waals surface area contributed by atoms with Crippen molar-refractivity contribution in [2.75, 3.05) is 26.8 Å². The van der Waals surface area contributed by atoms with Crippen molar-refractivity contribution in [3.8, 4) is 11.5 Å². The fourth-order valence-electron chi connectivity index (χ4n) is 2.54. The highest BCUT2D eigenvalue weighted by Crippen LogP contribution is 2.35. The highest BCUT2D eigenvalue weighted by Gasteiger charge is 2.20. The minimum atomic E-state index is -0.595. The number of carbonyl (C=O) groups excluding carboxylic acids is 2. The van der Waals surface area contributed by atoms with E-state index in [0.29, 0.717) is 29.0 Å². The van der Waals surface area contributed by atoms with Crippen LogP contribution in [0.2, 0.25) is 0 Å². The fraction of sp³-hybridized carbons (Fsp3) is 0.444. The fourth-order valence-corrected chi connectivity index (χ4v) is 3.00. The molecule has 25 heavy (non-hydrogen) atoms. The second-order valence-corrected chi connectivity index (χ2v) is 6.91. The Morgan fingerprint density at radius 2 is 2.04 bits per heavy atom. The maximum Gasteiger partial charge on any atom is 0.331 e. The second-order valence-electron chi connectivity index (χ2n) is 6.06. The van der Waals surface area contributed by atoms with Gasteiger partial charge in [-0.05, 0) is 58.5 Å². The largest absolute Gasteiger partial charge is 0.503 e. The molecule has 1 amide bonds. The summed E-state index contributed by atoms with van der Waals surface area (Å²) >= 11 is 3.21. The minimum Gasteiger partial charge on any atom is -0.503 e. The third-order valence-electron chi connectivity index (χ3n) is 4.16. The van der Waals surface area contributed by atoms with Gasteiger partial charge in [0, 0.05) is 19.2 Å². The topological polar surface area (TPSA) is 76.1 Å². The molecule has 0 radical (unpaired) electrons. The number of carbonyl (C=O) groups is 2. The van der Waals surface area contributed by atoms with Gasteiger partial charge in [-0.2, -0.15) is 0 Å². The number of methoxy groups -OCH3 is 1. The van der Waals surface area contributed by atoms with Gasteiger partial charge in [-0.15, -0.1) is 0 Å². The molecule has 1 aromatic carbocycles. The van der Waals surface area contributed by atoms with Gasteiger partial charge in [0.05, 0.1) is 11.6 Å². The lowest BCUT2D eigenvalue weighted by molar-refractivity contribution is -0.148. The zero-order valence-corrected chi connectivity index (χ0v) is 15.9. The van der Waals surface area contributed by atoms with Crippen LogP contribution in [0, 0.1) is 5.92 Å². The van der Waals surface area contributed by atoms with Crippen LogP contribution in [0.15, 0.2) is 22.7 Å². The lowest BCUT2D eigenvalue weighted by Crippen LogP contribution is -2.40. The minimum absolute atomic E-state index is 0.0105. The number of piperidine rings is 1. The van der Waals surface area contributed by atoms with Crippen LogP contribution in [-0.2, 0) is 14.3 Å². The van der Waals surface area contributed by atoms with Crippen LogP contribution in [0.4, 0.5) is 0 Å². The lowest BCUT2D eigenvalue weighted by atomic mass is 9.99. The molecule has 0 spiro atoms. The number of phenolic OH excluding ortho intramolecular Hbond substituents is 1. The first-order chi connectivity index (χ1) is 11.9. The molecule has 0 bridgehead atoms. The van der Waals surface area contributed by atoms with Gasteiger partial charge in [-0.1, -0.05) is 6.92 Å². The van der Waals surface area contributed by atoms with Crippen molar-refractivity contribution >= 4 is 33.9 Å². The number of hydrogen-bond acceptors (Lipinski definition) is 5. The summed E-state index contributed by atoms with van der Waals surface area (Å²) in [6.07, 6.45) is 4.74. The standard InChI is InChI=1S/C18H22BrNO5/c1-12-5-7-20(8-6-12)16(21)11-25-17(22)4-3-13-9-14(19)18(23)15(10-13)24-2/h3-4,9-10,12,23H,5-8,11H2,1-2H3/b4-3+. The molecule has 1 saturated heterocycles. The van der Waals surface area contributed by atoms with E-state index in [2.05, 4.69) is 22.9 Å². The number of phenols is 1. The first-order valence-corrected chi connectivity index (χ1v) is 8.89. The number of esters is 1. The Kier molecular flexibility index (Phi) is 6.87. The number of aromatic hydroxyl groups is 1. The molecule has 2 rings (SSSR count). The highest BCUT2D eigenvalue weighted by molar-refractivity contribution is 9.10. The Labute approximate surface area is 155 Å². The monoisotopic (exact) mass is 411 g/mol. The zero-order valence-electron chi connectivity index (χ0n) is 14.3. The first-order valence-electron chi connectivity index (χ1n) is 8.09. The van der Waals surface area contributed by atoms with Crippen LogP contribution in [0.25, 0.3) is 6.08 Å². The van der Waals surface area contributed by atoms with Crippen molar-refractivity contribution in [3.63, 3.8) is 0 Å². The molecule has 7 heteroatoms. The van der Waals surface area contributed by atoms with Crippen LogP contribution in [-0.4, -0.2) is 48.7 Å². The molecule has 1 aliphatic rings. The smallest absolute Gasteiger partial charge is 0.331 e. The number of rotatable bonds is 5. The van der Waals surface area contributed by atoms with Gasteiger partial charge >= 0.3 is 5.97 Å². The van der Waals surface area contributed by atoms with Crippen molar-refractivity contribution < 1.29 is 24.2 Å². The van der Waals surface area contributed by atoms with Gasteiger partial charge in [0.25, 0.3) is 5.91 Å². The number of halogens is 1. The maximum absolute atomic E-state index is 12.0. The lowest BCUT2D eigenvalue weighted by Gasteiger charge is -2.30. The summed E-state index contributed by atoms with van der Waals surface area (Å²) in [6, 6.07) is 3.23. The van der Waals surface area contributed by atoms with Crippen molar-refractivity contribution in [3.05, 3.63) is 28.2 Å². The third-order valence-corrected chi connectivity index (χ3v) is 4.76. The molecule has 0 atom stereocenters. The molecule has 1 fully saturated rings. The molecule has 0 aliphatic carbocycles. The van der Waals surface area contributed by atoms with E-state index in [4.69, 9.17) is 9.47 Å². The maximum atomic E-state index is 12.0. The zero-order chi connectivity index (χ0) is 18.4. The number of hydrogen-bond donors (Lipinski definition) is 1. The van der Waals surface area contributed by atoms with E-state index in [1.165, 1.54) is 19.3 Å². The number of amides is 1. The van der Waals surface area contributed by atoms with Gasteiger partial charge in [0.2, 0.25) is 0 Å². The summed E-state index contributed by atoms with van der Waals surface area (Å²) < 4.78 is 10.5. The molecule has 1 heterocycles. The third kappa shape index (κ3) is 5.49. The summed E-state index contributed by atoms with van der Waals surface area (Å²) in [6.45, 7) is 3.35. The molecule has 1 aromatic rings. The second kappa shape index (κ2) is 8.89. The van der Waals surface area contributed by atoms with Crippen LogP contribution < -0.4 is 4.74 Å². The molecule has 0 saturated carbocycles. The van der Waals surface area contributed by atoms with E-state index in [-0.39, 0.29) is 24.0 Å². The Hall–Kier alpha value is -2.02. The highest BCUT2D eigenvalue weighted by atomic mass is 79.9. The summed E-state index contributed by atoms with van der Waals surface area (Å²) in [5.41, 5.74) is 0.648. The predicted molar refractivity (Wildman–Crippen MR) is 97.3 cm³/mol. The normalized spacial score (nSPS) is 15.4. The molecule has 1 aliphatic heterocycles. The van der Waals surface area contributed by atoms with E-state index in [1.807, 2.05) is 0 Å². The van der Waals surface area contributed by atoms with Crippen LogP contribution in [0.1, 0.15) is 25.3 Å². The molecule has 6 nitrogen and oxygen atoms in total. The molecule has 0 aromatic heterocycles. The van der Waals surface area contributed by atoms with E-state index < -0.39 is 5.97 Å². The van der Waals surface area contributed by atoms with Gasteiger partial charge in [-0.3, -0.25) is 4.79 Å². The Morgan fingerprint density at radius 3 is 2.68 bits per heavy atom. The Balaban J connectivity index is 1.86. The predicted octanol–water partition coefficient (Wildman–Crippen LogP) is 2.98. The summed E-state index contributed by atoms with van der Waals surface area (Å²) in [5, 5.41) is 9.76. The first kappa shape index (κ1) is 19.3. The Morgan fingerprint density at radius 1 is 1.36 bits per heavy atom. The van der Waals surface area contributed by atoms with Gasteiger partial charge in [0.15, 0.2) is 18.1 Å². The molecule has 136 valence electrons. The molecular weight excluding hydrogens is 390 g/mol. The summed E-state index contributed by atoms with van der Waals surface area (Å²) in [7, 11) is 1.44. The number of nitrogens with zero attached hydrogens (tertiary/aromatic N) is 1. The van der Waals surface area contributed by atoms with Crippen LogP contribution in [0.5, 0.6) is 11.5 Å². The molecular formula is C18H22BrNO5. The van der Waals surface area contributed by atoms with E-state index >= 15 is 0 Å². The summed E-state index contributed by atoms with van der Waals surface area (Å²) in [4.78, 5) is 25.5. The molecule has 1 N–H and O–H groups in total. The number of likely N-dealkylation sites (tertiary alicyclic amines) is 1. The number of ether oxygens (including phenoxy) is 2. The van der Waals surface area contributed by atoms with Gasteiger partial charge in [-0.25, -0.2) is 4.79 Å². The number of benzene rings is 1. The quantitative estimate of drug-likeness (QED) is 0.595. The van der Waals surface area contributed by atoms with Gasteiger partial charge < -0.3 is 19.5 Å². The van der Waals surface area contributed by atoms with E-state index in [0.717, 1.165) is 12.8 Å². The average molecular weight is 412 g/mol. The Bertz CT molecular complexity index is 666. The van der Waals surface area contributed by atoms with E-state index in [9.17, 15) is 14.7 Å². The molecule has 0 unspecified atom stereocenters. The van der Waals surface area contributed by atoms with Crippen LogP contribution in [0.3, 0.4) is 0 Å². The van der Waals surface area contributed by atoms with Crippen molar-refractivity contribution in [2.24, 2.45) is 5.92 Å². The SMILES string of the molecule is COc1cc(/C=C/C(=O)OCC(=O)N2CCC(C)CC2)cc(Br)c1O. The van der Waals surface area contributed by atoms with Gasteiger partial charge in [0.1, 0.15) is 0 Å². The van der Waals surface area contributed by atoms with Crippen molar-refractivity contribution in [1.82, 2.24) is 4.90 Å². The van der Waals surface area contributed by atoms with Crippen LogP contribution >= 0.6 is 15.9 Å². The summed E-state index contributed by atoms with van der Waals surface area (Å²) in [5.74, 6) is 0.154. The van der Waals surface area contributed by atoms with E-state index in [1.54, 1.807) is 17.0 Å². The van der Waals surface area contributed by atoms with Crippen molar-refractivity contribution in [2.45, 2.75) is 19.8 Å². The van der Waals surface area contributed by atoms with Crippen molar-refractivity contribution in [1.29, 1.82) is 0 Å². The average Bonchev–Trinajstić information content (AvgIpc) is 2.61.